The van der Waals surface area contributed by atoms with Crippen molar-refractivity contribution in [3.8, 4) is 0 Å². The van der Waals surface area contributed by atoms with E-state index in [2.05, 4.69) is 26.2 Å². The Hall–Kier alpha value is -1.30. The Kier molecular flexibility index (Phi) is 4.29. The molecule has 2 rings (SSSR count). The van der Waals surface area contributed by atoms with Crippen LogP contribution >= 0.6 is 39.1 Å². The molecule has 3 N–H and O–H groups in total. The van der Waals surface area contributed by atoms with Crippen LogP contribution in [0.4, 0.5) is 11.4 Å². The molecule has 0 spiro atoms. The highest BCUT2D eigenvalue weighted by Gasteiger charge is 2.13. The maximum Gasteiger partial charge on any atom is 0.257 e. The lowest BCUT2D eigenvalue weighted by Crippen LogP contribution is -2.13. The summed E-state index contributed by atoms with van der Waals surface area (Å²) >= 11 is 15.1. The Labute approximate surface area is 128 Å². The first-order chi connectivity index (χ1) is 8.97. The summed E-state index contributed by atoms with van der Waals surface area (Å²) in [4.78, 5) is 16.0. The van der Waals surface area contributed by atoms with Crippen LogP contribution in [0.15, 0.2) is 34.9 Å². The molecular weight excluding hydrogens is 353 g/mol. The predicted octanol–water partition coefficient (Wildman–Crippen LogP) is 3.99. The van der Waals surface area contributed by atoms with Crippen molar-refractivity contribution in [3.05, 3.63) is 50.7 Å². The first-order valence-corrected chi connectivity index (χ1v) is 6.69. The Morgan fingerprint density at radius 1 is 1.32 bits per heavy atom. The quantitative estimate of drug-likeness (QED) is 0.628. The Morgan fingerprint density at radius 3 is 2.74 bits per heavy atom. The molecule has 2 aromatic rings. The summed E-state index contributed by atoms with van der Waals surface area (Å²) < 4.78 is 0.704. The van der Waals surface area contributed by atoms with Crippen LogP contribution in [0.1, 0.15) is 10.4 Å². The van der Waals surface area contributed by atoms with E-state index >= 15 is 0 Å². The average molecular weight is 361 g/mol. The summed E-state index contributed by atoms with van der Waals surface area (Å²) in [6.45, 7) is 0. The second-order valence-corrected chi connectivity index (χ2v) is 5.37. The van der Waals surface area contributed by atoms with Crippen molar-refractivity contribution in [2.24, 2.45) is 0 Å². The van der Waals surface area contributed by atoms with Crippen molar-refractivity contribution in [2.45, 2.75) is 0 Å². The standard InChI is InChI=1S/C12H8BrCl2N3O/c13-6-3-10(11(15)17-5-6)18-12(19)8-2-1-7(16)4-9(8)14/h1-5H,16H2,(H,18,19). The molecule has 4 nitrogen and oxygen atoms in total. The van der Waals surface area contributed by atoms with Gasteiger partial charge >= 0.3 is 0 Å². The zero-order valence-electron chi connectivity index (χ0n) is 9.45. The zero-order chi connectivity index (χ0) is 14.0. The van der Waals surface area contributed by atoms with E-state index in [1.54, 1.807) is 18.2 Å². The molecule has 1 amide bonds. The number of nitrogen functional groups attached to an aromatic ring is 1. The van der Waals surface area contributed by atoms with Gasteiger partial charge in [0, 0.05) is 16.4 Å². The summed E-state index contributed by atoms with van der Waals surface area (Å²) in [7, 11) is 0. The van der Waals surface area contributed by atoms with Crippen molar-refractivity contribution in [1.82, 2.24) is 4.98 Å². The van der Waals surface area contributed by atoms with Crippen molar-refractivity contribution >= 4 is 56.4 Å². The van der Waals surface area contributed by atoms with Crippen molar-refractivity contribution in [3.63, 3.8) is 0 Å². The zero-order valence-corrected chi connectivity index (χ0v) is 12.6. The molecule has 19 heavy (non-hydrogen) atoms. The predicted molar refractivity (Wildman–Crippen MR) is 80.8 cm³/mol. The van der Waals surface area contributed by atoms with Crippen molar-refractivity contribution in [2.75, 3.05) is 11.1 Å². The molecule has 1 heterocycles. The van der Waals surface area contributed by atoms with Gasteiger partial charge in [0.15, 0.2) is 5.15 Å². The second kappa shape index (κ2) is 5.77. The highest BCUT2D eigenvalue weighted by atomic mass is 79.9. The van der Waals surface area contributed by atoms with Crippen LogP contribution in [0.3, 0.4) is 0 Å². The summed E-state index contributed by atoms with van der Waals surface area (Å²) in [5.41, 5.74) is 6.77. The maximum absolute atomic E-state index is 12.1. The topological polar surface area (TPSA) is 68.0 Å². The van der Waals surface area contributed by atoms with Gasteiger partial charge in [-0.15, -0.1) is 0 Å². The lowest BCUT2D eigenvalue weighted by atomic mass is 10.2. The van der Waals surface area contributed by atoms with Crippen molar-refractivity contribution < 1.29 is 4.79 Å². The third-order valence-electron chi connectivity index (χ3n) is 2.29. The van der Waals surface area contributed by atoms with E-state index in [4.69, 9.17) is 28.9 Å². The smallest absolute Gasteiger partial charge is 0.257 e. The molecule has 0 saturated carbocycles. The van der Waals surface area contributed by atoms with Gasteiger partial charge in [0.1, 0.15) is 0 Å². The van der Waals surface area contributed by atoms with E-state index in [-0.39, 0.29) is 16.1 Å². The van der Waals surface area contributed by atoms with E-state index in [9.17, 15) is 4.79 Å². The van der Waals surface area contributed by atoms with Crippen LogP contribution in [-0.4, -0.2) is 10.9 Å². The summed E-state index contributed by atoms with van der Waals surface area (Å²) in [5.74, 6) is -0.383. The molecule has 0 radical (unpaired) electrons. The minimum Gasteiger partial charge on any atom is -0.399 e. The number of rotatable bonds is 2. The first kappa shape index (κ1) is 14.1. The Morgan fingerprint density at radius 2 is 2.05 bits per heavy atom. The van der Waals surface area contributed by atoms with E-state index in [0.717, 1.165) is 0 Å². The number of halogens is 3. The van der Waals surface area contributed by atoms with Gasteiger partial charge in [-0.1, -0.05) is 23.2 Å². The fourth-order valence-electron chi connectivity index (χ4n) is 1.42. The van der Waals surface area contributed by atoms with Gasteiger partial charge in [0.2, 0.25) is 0 Å². The molecule has 0 fully saturated rings. The molecule has 0 atom stereocenters. The number of amides is 1. The molecule has 1 aromatic heterocycles. The number of anilines is 2. The minimum absolute atomic E-state index is 0.197. The molecule has 0 aliphatic rings. The normalized spacial score (nSPS) is 10.3. The summed E-state index contributed by atoms with van der Waals surface area (Å²) in [6.07, 6.45) is 1.54. The highest BCUT2D eigenvalue weighted by molar-refractivity contribution is 9.10. The Balaban J connectivity index is 2.28. The lowest BCUT2D eigenvalue weighted by molar-refractivity contribution is 0.102. The van der Waals surface area contributed by atoms with E-state index in [1.807, 2.05) is 0 Å². The van der Waals surface area contributed by atoms with Gasteiger partial charge in [0.05, 0.1) is 16.3 Å². The molecular formula is C12H8BrCl2N3O. The highest BCUT2D eigenvalue weighted by Crippen LogP contribution is 2.25. The van der Waals surface area contributed by atoms with E-state index in [1.165, 1.54) is 12.3 Å². The third-order valence-corrected chi connectivity index (χ3v) is 3.34. The molecule has 0 bridgehead atoms. The summed E-state index contributed by atoms with van der Waals surface area (Å²) in [6, 6.07) is 6.31. The second-order valence-electron chi connectivity index (χ2n) is 3.69. The number of nitrogens with zero attached hydrogens (tertiary/aromatic N) is 1. The van der Waals surface area contributed by atoms with Gasteiger partial charge in [-0.25, -0.2) is 4.98 Å². The monoisotopic (exact) mass is 359 g/mol. The van der Waals surface area contributed by atoms with Crippen LogP contribution in [0, 0.1) is 0 Å². The van der Waals surface area contributed by atoms with Gasteiger partial charge in [-0.2, -0.15) is 0 Å². The number of aromatic nitrogens is 1. The fraction of sp³-hybridized carbons (Fsp3) is 0. The number of benzene rings is 1. The van der Waals surface area contributed by atoms with Gasteiger partial charge < -0.3 is 11.1 Å². The number of hydrogen-bond donors (Lipinski definition) is 2. The number of hydrogen-bond acceptors (Lipinski definition) is 3. The van der Waals surface area contributed by atoms with E-state index in [0.29, 0.717) is 21.4 Å². The maximum atomic E-state index is 12.1. The van der Waals surface area contributed by atoms with E-state index < -0.39 is 0 Å². The van der Waals surface area contributed by atoms with Crippen LogP contribution in [0.5, 0.6) is 0 Å². The molecule has 98 valence electrons. The molecule has 0 aliphatic heterocycles. The number of pyridine rings is 1. The van der Waals surface area contributed by atoms with Gasteiger partial charge in [-0.05, 0) is 40.2 Å². The van der Waals surface area contributed by atoms with Crippen LogP contribution in [-0.2, 0) is 0 Å². The molecule has 1 aromatic carbocycles. The average Bonchev–Trinajstić information content (AvgIpc) is 2.33. The number of nitrogens with one attached hydrogen (secondary N) is 1. The number of carbonyl (C=O) groups excluding carboxylic acids is 1. The molecule has 7 heteroatoms. The number of carbonyl (C=O) groups is 1. The fourth-order valence-corrected chi connectivity index (χ4v) is 2.17. The molecule has 0 aliphatic carbocycles. The largest absolute Gasteiger partial charge is 0.399 e. The van der Waals surface area contributed by atoms with Crippen molar-refractivity contribution in [1.29, 1.82) is 0 Å². The van der Waals surface area contributed by atoms with Gasteiger partial charge in [0.25, 0.3) is 5.91 Å². The van der Waals surface area contributed by atoms with Gasteiger partial charge in [-0.3, -0.25) is 4.79 Å². The lowest BCUT2D eigenvalue weighted by Gasteiger charge is -2.08. The first-order valence-electron chi connectivity index (χ1n) is 5.15. The summed E-state index contributed by atoms with van der Waals surface area (Å²) in [5, 5.41) is 3.11. The van der Waals surface area contributed by atoms with Crippen LogP contribution in [0.25, 0.3) is 0 Å². The molecule has 0 saturated heterocycles. The van der Waals surface area contributed by atoms with Crippen LogP contribution < -0.4 is 11.1 Å². The Bertz CT molecular complexity index is 649. The molecule has 0 unspecified atom stereocenters. The van der Waals surface area contributed by atoms with Crippen LogP contribution in [0.2, 0.25) is 10.2 Å². The SMILES string of the molecule is Nc1ccc(C(=O)Nc2cc(Br)cnc2Cl)c(Cl)c1. The minimum atomic E-state index is -0.383. The number of nitrogens with two attached hydrogens (primary N) is 1. The third kappa shape index (κ3) is 3.37.